The molecule has 1 N–H and O–H groups in total. The molecular formula is C15H14O4. The van der Waals surface area contributed by atoms with Gasteiger partial charge in [0.2, 0.25) is 0 Å². The molecule has 0 aliphatic rings. The maximum absolute atomic E-state index is 11.9. The Balaban J connectivity index is 1.96. The first-order chi connectivity index (χ1) is 9.15. The Morgan fingerprint density at radius 1 is 1.00 bits per heavy atom. The molecule has 0 atom stereocenters. The fourth-order valence-electron chi connectivity index (χ4n) is 1.77. The maximum atomic E-state index is 11.9. The molecule has 98 valence electrons. The van der Waals surface area contributed by atoms with Gasteiger partial charge in [-0.3, -0.25) is 9.59 Å². The minimum Gasteiger partial charge on any atom is -0.481 e. The smallest absolute Gasteiger partial charge is 0.303 e. The first-order valence-corrected chi connectivity index (χ1v) is 6.03. The number of aryl methyl sites for hydroxylation is 1. The van der Waals surface area contributed by atoms with E-state index in [9.17, 15) is 9.59 Å². The Kier molecular flexibility index (Phi) is 4.13. The molecule has 2 aromatic rings. The molecule has 0 unspecified atom stereocenters. The number of carbonyl (C=O) groups excluding carboxylic acids is 1. The van der Waals surface area contributed by atoms with E-state index in [2.05, 4.69) is 0 Å². The molecule has 0 radical (unpaired) electrons. The number of hydrogen-bond donors (Lipinski definition) is 1. The quantitative estimate of drug-likeness (QED) is 0.809. The molecule has 19 heavy (non-hydrogen) atoms. The van der Waals surface area contributed by atoms with Gasteiger partial charge in [0, 0.05) is 12.0 Å². The van der Waals surface area contributed by atoms with Gasteiger partial charge < -0.3 is 9.52 Å². The van der Waals surface area contributed by atoms with Gasteiger partial charge in [0.15, 0.2) is 5.78 Å². The zero-order chi connectivity index (χ0) is 13.7. The van der Waals surface area contributed by atoms with E-state index in [4.69, 9.17) is 9.52 Å². The molecule has 0 aliphatic carbocycles. The van der Waals surface area contributed by atoms with Crippen molar-refractivity contribution in [2.75, 3.05) is 0 Å². The number of hydrogen-bond acceptors (Lipinski definition) is 3. The van der Waals surface area contributed by atoms with Crippen LogP contribution in [0, 0.1) is 0 Å². The topological polar surface area (TPSA) is 67.5 Å². The lowest BCUT2D eigenvalue weighted by Gasteiger charge is -1.98. The van der Waals surface area contributed by atoms with E-state index in [0.717, 1.165) is 0 Å². The fraction of sp³-hybridized carbons (Fsp3) is 0.200. The molecule has 1 aromatic heterocycles. The number of carboxylic acids is 1. The summed E-state index contributed by atoms with van der Waals surface area (Å²) in [6, 6.07) is 12.4. The predicted octanol–water partition coefficient (Wildman–Crippen LogP) is 2.72. The van der Waals surface area contributed by atoms with Crippen LogP contribution < -0.4 is 0 Å². The average molecular weight is 258 g/mol. The van der Waals surface area contributed by atoms with Gasteiger partial charge in [-0.25, -0.2) is 0 Å². The third kappa shape index (κ3) is 3.81. The van der Waals surface area contributed by atoms with Crippen LogP contribution in [0.5, 0.6) is 0 Å². The summed E-state index contributed by atoms with van der Waals surface area (Å²) >= 11 is 0. The lowest BCUT2D eigenvalue weighted by atomic mass is 10.1. The first kappa shape index (κ1) is 13.1. The van der Waals surface area contributed by atoms with E-state index < -0.39 is 5.97 Å². The van der Waals surface area contributed by atoms with Gasteiger partial charge in [0.25, 0.3) is 0 Å². The number of carboxylic acid groups (broad SMARTS) is 1. The van der Waals surface area contributed by atoms with E-state index in [1.54, 1.807) is 24.3 Å². The van der Waals surface area contributed by atoms with Crippen LogP contribution in [0.25, 0.3) is 0 Å². The molecule has 0 aliphatic heterocycles. The lowest BCUT2D eigenvalue weighted by Crippen LogP contribution is -2.02. The van der Waals surface area contributed by atoms with Gasteiger partial charge in [-0.05, 0) is 12.1 Å². The number of Topliss-reactive ketones (excluding diaryl/α,β-unsaturated/α-hetero) is 1. The molecule has 2 rings (SSSR count). The highest BCUT2D eigenvalue weighted by Crippen LogP contribution is 2.13. The molecule has 0 spiro atoms. The van der Waals surface area contributed by atoms with Crippen molar-refractivity contribution in [1.29, 1.82) is 0 Å². The number of ketones is 1. The Morgan fingerprint density at radius 3 is 2.37 bits per heavy atom. The average Bonchev–Trinajstić information content (AvgIpc) is 2.85. The van der Waals surface area contributed by atoms with E-state index in [0.29, 0.717) is 23.5 Å². The normalized spacial score (nSPS) is 10.3. The van der Waals surface area contributed by atoms with Crippen molar-refractivity contribution in [3.05, 3.63) is 59.5 Å². The van der Waals surface area contributed by atoms with E-state index in [-0.39, 0.29) is 18.6 Å². The Bertz CT molecular complexity index is 569. The van der Waals surface area contributed by atoms with E-state index in [1.165, 1.54) is 0 Å². The molecule has 0 saturated heterocycles. The van der Waals surface area contributed by atoms with Crippen molar-refractivity contribution < 1.29 is 19.1 Å². The standard InChI is InChI=1S/C15H14O4/c16-14(11-4-2-1-3-5-11)10-13-7-6-12(19-13)8-9-15(17)18/h1-7H,8-10H2,(H,17,18). The zero-order valence-corrected chi connectivity index (χ0v) is 10.3. The van der Waals surface area contributed by atoms with Crippen LogP contribution in [-0.4, -0.2) is 16.9 Å². The van der Waals surface area contributed by atoms with Crippen LogP contribution in [0.15, 0.2) is 46.9 Å². The molecule has 1 heterocycles. The number of carbonyl (C=O) groups is 2. The molecule has 1 aromatic carbocycles. The van der Waals surface area contributed by atoms with Gasteiger partial charge in [0.1, 0.15) is 11.5 Å². The summed E-state index contributed by atoms with van der Waals surface area (Å²) < 4.78 is 5.44. The second-order valence-electron chi connectivity index (χ2n) is 4.23. The van der Waals surface area contributed by atoms with Crippen LogP contribution in [0.1, 0.15) is 28.3 Å². The van der Waals surface area contributed by atoms with Crippen LogP contribution in [0.2, 0.25) is 0 Å². The summed E-state index contributed by atoms with van der Waals surface area (Å²) in [6.45, 7) is 0. The largest absolute Gasteiger partial charge is 0.481 e. The third-order valence-corrected chi connectivity index (χ3v) is 2.73. The second kappa shape index (κ2) is 6.00. The van der Waals surface area contributed by atoms with Crippen molar-refractivity contribution in [1.82, 2.24) is 0 Å². The third-order valence-electron chi connectivity index (χ3n) is 2.73. The summed E-state index contributed by atoms with van der Waals surface area (Å²) in [5.74, 6) is 0.283. The summed E-state index contributed by atoms with van der Waals surface area (Å²) in [7, 11) is 0. The zero-order valence-electron chi connectivity index (χ0n) is 10.3. The van der Waals surface area contributed by atoms with Crippen molar-refractivity contribution in [3.8, 4) is 0 Å². The van der Waals surface area contributed by atoms with Crippen LogP contribution in [0.3, 0.4) is 0 Å². The number of furan rings is 1. The highest BCUT2D eigenvalue weighted by atomic mass is 16.4. The highest BCUT2D eigenvalue weighted by Gasteiger charge is 2.10. The van der Waals surface area contributed by atoms with Gasteiger partial charge in [-0.2, -0.15) is 0 Å². The van der Waals surface area contributed by atoms with Crippen molar-refractivity contribution in [2.45, 2.75) is 19.3 Å². The summed E-state index contributed by atoms with van der Waals surface area (Å²) in [5.41, 5.74) is 0.644. The Hall–Kier alpha value is -2.36. The molecule has 4 nitrogen and oxygen atoms in total. The maximum Gasteiger partial charge on any atom is 0.303 e. The molecule has 0 bridgehead atoms. The summed E-state index contributed by atoms with van der Waals surface area (Å²) in [5, 5.41) is 8.58. The highest BCUT2D eigenvalue weighted by molar-refractivity contribution is 5.97. The number of rotatable bonds is 6. The van der Waals surface area contributed by atoms with Gasteiger partial charge >= 0.3 is 5.97 Å². The SMILES string of the molecule is O=C(O)CCc1ccc(CC(=O)c2ccccc2)o1. The Morgan fingerprint density at radius 2 is 1.68 bits per heavy atom. The molecule has 0 amide bonds. The molecule has 0 saturated carbocycles. The summed E-state index contributed by atoms with van der Waals surface area (Å²) in [6.07, 6.45) is 0.561. The van der Waals surface area contributed by atoms with Crippen molar-refractivity contribution in [3.63, 3.8) is 0 Å². The number of aliphatic carboxylic acids is 1. The molecular weight excluding hydrogens is 244 g/mol. The van der Waals surface area contributed by atoms with Gasteiger partial charge in [0.05, 0.1) is 12.8 Å². The second-order valence-corrected chi connectivity index (χ2v) is 4.23. The first-order valence-electron chi connectivity index (χ1n) is 6.03. The van der Waals surface area contributed by atoms with Crippen LogP contribution in [0.4, 0.5) is 0 Å². The predicted molar refractivity (Wildman–Crippen MR) is 69.1 cm³/mol. The van der Waals surface area contributed by atoms with Crippen LogP contribution in [-0.2, 0) is 17.6 Å². The molecule has 0 fully saturated rings. The Labute approximate surface area is 110 Å². The monoisotopic (exact) mass is 258 g/mol. The minimum atomic E-state index is -0.863. The van der Waals surface area contributed by atoms with Crippen LogP contribution >= 0.6 is 0 Å². The lowest BCUT2D eigenvalue weighted by molar-refractivity contribution is -0.137. The fourth-order valence-corrected chi connectivity index (χ4v) is 1.77. The minimum absolute atomic E-state index is 0.0141. The summed E-state index contributed by atoms with van der Waals surface area (Å²) in [4.78, 5) is 22.4. The van der Waals surface area contributed by atoms with Gasteiger partial charge in [-0.15, -0.1) is 0 Å². The van der Waals surface area contributed by atoms with Crippen molar-refractivity contribution >= 4 is 11.8 Å². The van der Waals surface area contributed by atoms with E-state index in [1.807, 2.05) is 18.2 Å². The van der Waals surface area contributed by atoms with Crippen molar-refractivity contribution in [2.24, 2.45) is 0 Å². The van der Waals surface area contributed by atoms with E-state index >= 15 is 0 Å². The molecule has 4 heteroatoms. The van der Waals surface area contributed by atoms with Gasteiger partial charge in [-0.1, -0.05) is 30.3 Å². The number of benzene rings is 1.